The van der Waals surface area contributed by atoms with Crippen molar-refractivity contribution in [1.82, 2.24) is 4.98 Å². The lowest BCUT2D eigenvalue weighted by atomic mass is 10.1. The van der Waals surface area contributed by atoms with Gasteiger partial charge in [-0.05, 0) is 54.1 Å². The minimum absolute atomic E-state index is 0.139. The molecule has 0 spiro atoms. The first-order chi connectivity index (χ1) is 17.0. The number of aromatic nitrogens is 1. The summed E-state index contributed by atoms with van der Waals surface area (Å²) in [5.41, 5.74) is 2.47. The number of thiazole rings is 1. The van der Waals surface area contributed by atoms with Gasteiger partial charge in [-0.15, -0.1) is 23.1 Å². The van der Waals surface area contributed by atoms with E-state index in [1.807, 2.05) is 48.7 Å². The molecule has 174 valence electrons. The van der Waals surface area contributed by atoms with Crippen molar-refractivity contribution < 1.29 is 14.0 Å². The predicted molar refractivity (Wildman–Crippen MR) is 142 cm³/mol. The van der Waals surface area contributed by atoms with Gasteiger partial charge >= 0.3 is 0 Å². The van der Waals surface area contributed by atoms with Gasteiger partial charge in [0.25, 0.3) is 5.91 Å². The average molecular weight is 500 g/mol. The highest BCUT2D eigenvalue weighted by Gasteiger charge is 2.17. The number of carbonyl (C=O) groups excluding carboxylic acids is 2. The summed E-state index contributed by atoms with van der Waals surface area (Å²) >= 11 is 2.81. The second-order valence-corrected chi connectivity index (χ2v) is 10.1. The first-order valence-corrected chi connectivity index (χ1v) is 12.7. The number of anilines is 2. The molecular weight excluding hydrogens is 478 g/mol. The van der Waals surface area contributed by atoms with Crippen LogP contribution in [0.4, 0.5) is 10.8 Å². The second-order valence-electron chi connectivity index (χ2n) is 7.81. The largest absolute Gasteiger partial charge is 0.459 e. The van der Waals surface area contributed by atoms with Crippen molar-refractivity contribution in [1.29, 1.82) is 0 Å². The lowest BCUT2D eigenvalue weighted by Crippen LogP contribution is -2.22. The van der Waals surface area contributed by atoms with Gasteiger partial charge in [-0.2, -0.15) is 0 Å². The van der Waals surface area contributed by atoms with Crippen molar-refractivity contribution >= 4 is 56.5 Å². The number of nitrogens with zero attached hydrogens (tertiary/aromatic N) is 1. The van der Waals surface area contributed by atoms with Gasteiger partial charge in [0.05, 0.1) is 17.2 Å². The van der Waals surface area contributed by atoms with Crippen LogP contribution in [-0.4, -0.2) is 22.0 Å². The van der Waals surface area contributed by atoms with Crippen LogP contribution in [-0.2, 0) is 4.79 Å². The maximum absolute atomic E-state index is 12.8. The SMILES string of the molecule is CC(Sc1cccc(NC(=O)c2ccco2)c1)C(=O)Nc1nc(-c2ccc3ccccc3c2)cs1. The molecule has 0 aliphatic heterocycles. The van der Waals surface area contributed by atoms with E-state index < -0.39 is 0 Å². The number of thioether (sulfide) groups is 1. The highest BCUT2D eigenvalue weighted by atomic mass is 32.2. The highest BCUT2D eigenvalue weighted by Crippen LogP contribution is 2.30. The van der Waals surface area contributed by atoms with E-state index in [1.165, 1.54) is 34.7 Å². The Morgan fingerprint density at radius 3 is 2.63 bits per heavy atom. The van der Waals surface area contributed by atoms with Crippen LogP contribution < -0.4 is 10.6 Å². The quantitative estimate of drug-likeness (QED) is 0.237. The zero-order valence-electron chi connectivity index (χ0n) is 18.7. The molecule has 35 heavy (non-hydrogen) atoms. The van der Waals surface area contributed by atoms with Crippen molar-refractivity contribution in [2.45, 2.75) is 17.1 Å². The van der Waals surface area contributed by atoms with Crippen LogP contribution in [0.2, 0.25) is 0 Å². The molecule has 2 N–H and O–H groups in total. The molecule has 0 radical (unpaired) electrons. The summed E-state index contributed by atoms with van der Waals surface area (Å²) in [6, 6.07) is 25.0. The van der Waals surface area contributed by atoms with Crippen molar-refractivity contribution in [2.75, 3.05) is 10.6 Å². The molecule has 8 heteroatoms. The third-order valence-electron chi connectivity index (χ3n) is 5.30. The van der Waals surface area contributed by atoms with E-state index in [1.54, 1.807) is 18.2 Å². The summed E-state index contributed by atoms with van der Waals surface area (Å²) in [7, 11) is 0. The first-order valence-electron chi connectivity index (χ1n) is 10.9. The van der Waals surface area contributed by atoms with Crippen molar-refractivity contribution in [3.8, 4) is 11.3 Å². The molecule has 0 saturated heterocycles. The molecule has 0 bridgehead atoms. The topological polar surface area (TPSA) is 84.2 Å². The number of hydrogen-bond donors (Lipinski definition) is 2. The normalized spacial score (nSPS) is 11.8. The molecule has 2 amide bonds. The van der Waals surface area contributed by atoms with Gasteiger partial charge in [0.1, 0.15) is 0 Å². The second kappa shape index (κ2) is 10.2. The fourth-order valence-electron chi connectivity index (χ4n) is 3.52. The monoisotopic (exact) mass is 499 g/mol. The summed E-state index contributed by atoms with van der Waals surface area (Å²) in [4.78, 5) is 30.5. The van der Waals surface area contributed by atoms with Gasteiger partial charge in [-0.1, -0.05) is 42.5 Å². The zero-order chi connectivity index (χ0) is 24.2. The Morgan fingerprint density at radius 1 is 0.943 bits per heavy atom. The number of benzene rings is 3. The Labute approximate surface area is 210 Å². The highest BCUT2D eigenvalue weighted by molar-refractivity contribution is 8.00. The van der Waals surface area contributed by atoms with Crippen LogP contribution in [0.15, 0.2) is 99.8 Å². The molecule has 1 unspecified atom stereocenters. The van der Waals surface area contributed by atoms with Crippen molar-refractivity contribution in [2.24, 2.45) is 0 Å². The fourth-order valence-corrected chi connectivity index (χ4v) is 5.17. The van der Waals surface area contributed by atoms with Gasteiger partial charge in [0, 0.05) is 21.5 Å². The summed E-state index contributed by atoms with van der Waals surface area (Å²) in [5.74, 6) is -0.226. The smallest absolute Gasteiger partial charge is 0.291 e. The maximum Gasteiger partial charge on any atom is 0.291 e. The Morgan fingerprint density at radius 2 is 1.80 bits per heavy atom. The number of carbonyl (C=O) groups is 2. The lowest BCUT2D eigenvalue weighted by molar-refractivity contribution is -0.115. The maximum atomic E-state index is 12.8. The van der Waals surface area contributed by atoms with E-state index >= 15 is 0 Å². The number of rotatable bonds is 7. The van der Waals surface area contributed by atoms with E-state index in [0.717, 1.165) is 21.5 Å². The molecule has 0 saturated carbocycles. The number of amides is 2. The minimum atomic E-state index is -0.362. The lowest BCUT2D eigenvalue weighted by Gasteiger charge is -2.11. The van der Waals surface area contributed by atoms with E-state index in [0.29, 0.717) is 10.8 Å². The van der Waals surface area contributed by atoms with Crippen LogP contribution in [0.25, 0.3) is 22.0 Å². The molecule has 0 aliphatic carbocycles. The fraction of sp³-hybridized carbons (Fsp3) is 0.0741. The molecule has 3 aromatic carbocycles. The summed E-state index contributed by atoms with van der Waals surface area (Å²) < 4.78 is 5.12. The van der Waals surface area contributed by atoms with Gasteiger partial charge < -0.3 is 15.1 Å². The molecule has 2 heterocycles. The van der Waals surface area contributed by atoms with E-state index in [-0.39, 0.29) is 22.8 Å². The van der Waals surface area contributed by atoms with Gasteiger partial charge in [0.2, 0.25) is 5.91 Å². The summed E-state index contributed by atoms with van der Waals surface area (Å²) in [6.07, 6.45) is 1.45. The van der Waals surface area contributed by atoms with Crippen LogP contribution in [0, 0.1) is 0 Å². The van der Waals surface area contributed by atoms with Crippen LogP contribution in [0.3, 0.4) is 0 Å². The van der Waals surface area contributed by atoms with E-state index in [9.17, 15) is 9.59 Å². The van der Waals surface area contributed by atoms with E-state index in [2.05, 4.69) is 39.9 Å². The van der Waals surface area contributed by atoms with Crippen LogP contribution in [0.5, 0.6) is 0 Å². The van der Waals surface area contributed by atoms with Gasteiger partial charge in [-0.3, -0.25) is 9.59 Å². The van der Waals surface area contributed by atoms with E-state index in [4.69, 9.17) is 4.42 Å². The minimum Gasteiger partial charge on any atom is -0.459 e. The third-order valence-corrected chi connectivity index (χ3v) is 7.15. The van der Waals surface area contributed by atoms with Crippen molar-refractivity contribution in [3.05, 3.63) is 96.3 Å². The van der Waals surface area contributed by atoms with Crippen LogP contribution in [0.1, 0.15) is 17.5 Å². The molecular formula is C27H21N3O3S2. The molecule has 0 aliphatic rings. The third kappa shape index (κ3) is 5.45. The molecule has 0 fully saturated rings. The Bertz CT molecular complexity index is 1490. The summed E-state index contributed by atoms with van der Waals surface area (Å²) in [6.45, 7) is 1.84. The molecule has 2 aromatic heterocycles. The first kappa shape index (κ1) is 22.9. The number of furan rings is 1. The average Bonchev–Trinajstić information content (AvgIpc) is 3.57. The standard InChI is InChI=1S/C27H21N3O3S2/c1-17(35-22-9-4-8-21(15-22)28-26(32)24-10-5-13-33-24)25(31)30-27-29-23(16-34-27)20-12-11-18-6-2-3-7-19(18)14-20/h2-17H,1H3,(H,28,32)(H,29,30,31). The van der Waals surface area contributed by atoms with Crippen LogP contribution >= 0.6 is 23.1 Å². The van der Waals surface area contributed by atoms with Gasteiger partial charge in [-0.25, -0.2) is 4.98 Å². The Balaban J connectivity index is 1.21. The predicted octanol–water partition coefficient (Wildman–Crippen LogP) is 6.93. The molecule has 1 atom stereocenters. The molecule has 6 nitrogen and oxygen atoms in total. The Kier molecular flexibility index (Phi) is 6.65. The molecule has 5 rings (SSSR count). The number of nitrogens with one attached hydrogen (secondary N) is 2. The zero-order valence-corrected chi connectivity index (χ0v) is 20.4. The summed E-state index contributed by atoms with van der Waals surface area (Å²) in [5, 5.41) is 10.2. The number of fused-ring (bicyclic) bond motifs is 1. The van der Waals surface area contributed by atoms with Gasteiger partial charge in [0.15, 0.2) is 10.9 Å². The van der Waals surface area contributed by atoms with Crippen molar-refractivity contribution in [3.63, 3.8) is 0 Å². The molecule has 5 aromatic rings. The Hall–Kier alpha value is -3.88. The number of hydrogen-bond acceptors (Lipinski definition) is 6.